The van der Waals surface area contributed by atoms with Gasteiger partial charge < -0.3 is 14.5 Å². The number of carbonyl (C=O) groups is 2. The highest BCUT2D eigenvalue weighted by atomic mass is 32.1. The molecule has 5 nitrogen and oxygen atoms in total. The second-order valence-corrected chi connectivity index (χ2v) is 8.30. The molecular weight excluding hydrogens is 408 g/mol. The Labute approximate surface area is 187 Å². The third-order valence-corrected chi connectivity index (χ3v) is 5.80. The fraction of sp³-hybridized carbons (Fsp3) is 0.280. The Balaban J connectivity index is 1.76. The number of methoxy groups -OCH3 is 1. The molecule has 0 aliphatic carbocycles. The van der Waals surface area contributed by atoms with Gasteiger partial charge in [0.05, 0.1) is 13.7 Å². The summed E-state index contributed by atoms with van der Waals surface area (Å²) < 4.78 is 5.17. The van der Waals surface area contributed by atoms with Gasteiger partial charge in [-0.15, -0.1) is 11.3 Å². The molecule has 0 radical (unpaired) electrons. The van der Waals surface area contributed by atoms with Gasteiger partial charge in [0.1, 0.15) is 12.3 Å². The fourth-order valence-electron chi connectivity index (χ4n) is 3.33. The van der Waals surface area contributed by atoms with Crippen LogP contribution in [-0.4, -0.2) is 41.8 Å². The van der Waals surface area contributed by atoms with Crippen LogP contribution in [0, 0.1) is 0 Å². The molecule has 0 saturated heterocycles. The van der Waals surface area contributed by atoms with E-state index < -0.39 is 0 Å². The molecular formula is C25H28N2O3S. The molecule has 0 bridgehead atoms. The van der Waals surface area contributed by atoms with Gasteiger partial charge in [0, 0.05) is 23.5 Å². The van der Waals surface area contributed by atoms with Gasteiger partial charge in [-0.2, -0.15) is 0 Å². The molecule has 0 unspecified atom stereocenters. The van der Waals surface area contributed by atoms with Crippen LogP contribution in [0.3, 0.4) is 0 Å². The van der Waals surface area contributed by atoms with Crippen molar-refractivity contribution < 1.29 is 14.3 Å². The molecule has 2 amide bonds. The molecule has 0 saturated carbocycles. The van der Waals surface area contributed by atoms with Crippen LogP contribution in [0.1, 0.15) is 34.1 Å². The van der Waals surface area contributed by atoms with Crippen LogP contribution in [0.5, 0.6) is 5.75 Å². The minimum absolute atomic E-state index is 0.0525. The van der Waals surface area contributed by atoms with Crippen LogP contribution in [0.15, 0.2) is 72.1 Å². The number of benzene rings is 2. The van der Waals surface area contributed by atoms with E-state index in [1.54, 1.807) is 47.6 Å². The lowest BCUT2D eigenvalue weighted by Crippen LogP contribution is -2.42. The van der Waals surface area contributed by atoms with Crippen molar-refractivity contribution in [2.75, 3.05) is 20.2 Å². The topological polar surface area (TPSA) is 49.9 Å². The maximum atomic E-state index is 13.3. The molecule has 0 aliphatic rings. The molecule has 6 heteroatoms. The summed E-state index contributed by atoms with van der Waals surface area (Å²) in [6, 6.07) is 21.0. The zero-order valence-electron chi connectivity index (χ0n) is 18.0. The molecule has 0 aliphatic heterocycles. The van der Waals surface area contributed by atoms with E-state index in [-0.39, 0.29) is 18.4 Å². The van der Waals surface area contributed by atoms with Crippen molar-refractivity contribution in [1.29, 1.82) is 0 Å². The van der Waals surface area contributed by atoms with Crippen LogP contribution < -0.4 is 4.74 Å². The minimum atomic E-state index is -0.145. The van der Waals surface area contributed by atoms with Crippen molar-refractivity contribution in [2.45, 2.75) is 26.4 Å². The average Bonchev–Trinajstić information content (AvgIpc) is 3.32. The highest BCUT2D eigenvalue weighted by molar-refractivity contribution is 7.09. The van der Waals surface area contributed by atoms with E-state index in [2.05, 4.69) is 0 Å². The van der Waals surface area contributed by atoms with E-state index in [1.165, 1.54) is 0 Å². The average molecular weight is 437 g/mol. The Morgan fingerprint density at radius 1 is 0.903 bits per heavy atom. The second-order valence-electron chi connectivity index (χ2n) is 7.27. The molecule has 1 heterocycles. The molecule has 2 aromatic carbocycles. The quantitative estimate of drug-likeness (QED) is 0.457. The first kappa shape index (κ1) is 22.6. The van der Waals surface area contributed by atoms with Gasteiger partial charge >= 0.3 is 0 Å². The number of nitrogens with zero attached hydrogens (tertiary/aromatic N) is 2. The molecule has 0 fully saturated rings. The molecule has 0 N–H and O–H groups in total. The Morgan fingerprint density at radius 2 is 1.65 bits per heavy atom. The summed E-state index contributed by atoms with van der Waals surface area (Å²) >= 11 is 1.63. The van der Waals surface area contributed by atoms with Gasteiger partial charge in [-0.05, 0) is 47.7 Å². The van der Waals surface area contributed by atoms with Gasteiger partial charge in [-0.3, -0.25) is 9.59 Å². The number of ether oxygens (including phenoxy) is 1. The molecule has 3 rings (SSSR count). The third-order valence-electron chi connectivity index (χ3n) is 4.94. The first-order chi connectivity index (χ1) is 15.1. The predicted molar refractivity (Wildman–Crippen MR) is 124 cm³/mol. The van der Waals surface area contributed by atoms with Crippen molar-refractivity contribution in [3.8, 4) is 5.75 Å². The van der Waals surface area contributed by atoms with Gasteiger partial charge in [0.2, 0.25) is 5.91 Å². The molecule has 1 aromatic heterocycles. The summed E-state index contributed by atoms with van der Waals surface area (Å²) in [6.07, 6.45) is 0.777. The van der Waals surface area contributed by atoms with Gasteiger partial charge in [0.25, 0.3) is 5.91 Å². The third kappa shape index (κ3) is 6.43. The lowest BCUT2D eigenvalue weighted by Gasteiger charge is -2.27. The summed E-state index contributed by atoms with van der Waals surface area (Å²) in [4.78, 5) is 31.0. The summed E-state index contributed by atoms with van der Waals surface area (Å²) in [5, 5.41) is 2.01. The van der Waals surface area contributed by atoms with E-state index in [9.17, 15) is 9.59 Å². The SMILES string of the molecule is CCCN(CC(=O)N(Cc1ccccc1)Cc1cccs1)C(=O)c1ccc(OC)cc1. The number of hydrogen-bond donors (Lipinski definition) is 0. The summed E-state index contributed by atoms with van der Waals surface area (Å²) in [6.45, 7) is 3.62. The molecule has 3 aromatic rings. The van der Waals surface area contributed by atoms with Crippen LogP contribution in [0.25, 0.3) is 0 Å². The number of carbonyl (C=O) groups excluding carboxylic acids is 2. The van der Waals surface area contributed by atoms with Crippen LogP contribution >= 0.6 is 11.3 Å². The molecule has 0 atom stereocenters. The van der Waals surface area contributed by atoms with E-state index in [1.807, 2.05) is 59.7 Å². The lowest BCUT2D eigenvalue weighted by molar-refractivity contribution is -0.133. The zero-order chi connectivity index (χ0) is 22.1. The number of thiophene rings is 1. The van der Waals surface area contributed by atoms with Gasteiger partial charge in [0.15, 0.2) is 0 Å². The first-order valence-electron chi connectivity index (χ1n) is 10.4. The van der Waals surface area contributed by atoms with Crippen LogP contribution in [0.4, 0.5) is 0 Å². The fourth-order valence-corrected chi connectivity index (χ4v) is 4.05. The van der Waals surface area contributed by atoms with E-state index in [0.29, 0.717) is 30.9 Å². The monoisotopic (exact) mass is 436 g/mol. The minimum Gasteiger partial charge on any atom is -0.497 e. The standard InChI is InChI=1S/C25H28N2O3S/c1-3-15-26(25(29)21-11-13-22(30-2)14-12-21)19-24(28)27(18-23-10-7-16-31-23)17-20-8-5-4-6-9-20/h4-14,16H,3,15,17-19H2,1-2H3. The molecule has 0 spiro atoms. The largest absolute Gasteiger partial charge is 0.497 e. The maximum Gasteiger partial charge on any atom is 0.254 e. The summed E-state index contributed by atoms with van der Waals surface area (Å²) in [5.41, 5.74) is 1.62. The van der Waals surface area contributed by atoms with Crippen molar-refractivity contribution in [2.24, 2.45) is 0 Å². The summed E-state index contributed by atoms with van der Waals surface area (Å²) in [5.74, 6) is 0.487. The highest BCUT2D eigenvalue weighted by Gasteiger charge is 2.22. The van der Waals surface area contributed by atoms with Crippen molar-refractivity contribution in [3.05, 3.63) is 88.1 Å². The van der Waals surface area contributed by atoms with Gasteiger partial charge in [-0.1, -0.05) is 43.3 Å². The number of rotatable bonds is 10. The van der Waals surface area contributed by atoms with Gasteiger partial charge in [-0.25, -0.2) is 0 Å². The van der Waals surface area contributed by atoms with Crippen molar-refractivity contribution >= 4 is 23.2 Å². The van der Waals surface area contributed by atoms with E-state index in [4.69, 9.17) is 4.74 Å². The van der Waals surface area contributed by atoms with Crippen molar-refractivity contribution in [1.82, 2.24) is 9.80 Å². The van der Waals surface area contributed by atoms with E-state index in [0.717, 1.165) is 16.9 Å². The van der Waals surface area contributed by atoms with Crippen molar-refractivity contribution in [3.63, 3.8) is 0 Å². The van der Waals surface area contributed by atoms with E-state index >= 15 is 0 Å². The Hall–Kier alpha value is -3.12. The zero-order valence-corrected chi connectivity index (χ0v) is 18.8. The predicted octanol–water partition coefficient (Wildman–Crippen LogP) is 4.84. The maximum absolute atomic E-state index is 13.3. The Kier molecular flexibility index (Phi) is 8.24. The Bertz CT molecular complexity index is 956. The normalized spacial score (nSPS) is 10.5. The lowest BCUT2D eigenvalue weighted by atomic mass is 10.1. The number of amides is 2. The molecule has 162 valence electrons. The number of hydrogen-bond acceptors (Lipinski definition) is 4. The molecule has 31 heavy (non-hydrogen) atoms. The smallest absolute Gasteiger partial charge is 0.254 e. The first-order valence-corrected chi connectivity index (χ1v) is 11.3. The van der Waals surface area contributed by atoms with Crippen LogP contribution in [-0.2, 0) is 17.9 Å². The van der Waals surface area contributed by atoms with Crippen LogP contribution in [0.2, 0.25) is 0 Å². The second kappa shape index (κ2) is 11.3. The Morgan fingerprint density at radius 3 is 2.26 bits per heavy atom. The highest BCUT2D eigenvalue weighted by Crippen LogP contribution is 2.17. The summed E-state index contributed by atoms with van der Waals surface area (Å²) in [7, 11) is 1.59.